The van der Waals surface area contributed by atoms with E-state index in [1.165, 1.54) is 12.1 Å². The van der Waals surface area contributed by atoms with Gasteiger partial charge in [-0.2, -0.15) is 4.31 Å². The third-order valence-electron chi connectivity index (χ3n) is 2.79. The highest BCUT2D eigenvalue weighted by atomic mass is 32.2. The Bertz CT molecular complexity index is 515. The molecule has 1 aliphatic heterocycles. The molecular weight excluding hydrogens is 245 g/mol. The molecule has 0 radical (unpaired) electrons. The summed E-state index contributed by atoms with van der Waals surface area (Å²) in [6.45, 7) is -0.907. The number of carbonyl (C=O) groups is 1. The number of benzene rings is 1. The number of ketones is 1. The van der Waals surface area contributed by atoms with Crippen molar-refractivity contribution in [1.29, 1.82) is 0 Å². The lowest BCUT2D eigenvalue weighted by Gasteiger charge is -2.20. The monoisotopic (exact) mass is 257 g/mol. The summed E-state index contributed by atoms with van der Waals surface area (Å²) in [6, 6.07) is 6.60. The molecule has 0 aliphatic carbocycles. The first-order valence-electron chi connectivity index (χ1n) is 5.23. The molecule has 1 heterocycles. The largest absolute Gasteiger partial charge is 0.298 e. The molecule has 0 amide bonds. The third-order valence-corrected chi connectivity index (χ3v) is 4.72. The number of hydrogen-bond acceptors (Lipinski definition) is 3. The van der Waals surface area contributed by atoms with E-state index >= 15 is 0 Å². The molecule has 1 saturated heterocycles. The van der Waals surface area contributed by atoms with Crippen LogP contribution in [0.3, 0.4) is 0 Å². The van der Waals surface area contributed by atoms with Crippen molar-refractivity contribution in [3.05, 3.63) is 30.3 Å². The van der Waals surface area contributed by atoms with Crippen molar-refractivity contribution >= 4 is 15.8 Å². The number of carbonyl (C=O) groups excluding carboxylic acids is 1. The van der Waals surface area contributed by atoms with Crippen LogP contribution in [-0.4, -0.2) is 37.8 Å². The SMILES string of the molecule is O=C1CCN(S(=O)(=O)c2ccccc2)C1CF. The normalized spacial score (nSPS) is 21.9. The van der Waals surface area contributed by atoms with Gasteiger partial charge in [-0.05, 0) is 12.1 Å². The van der Waals surface area contributed by atoms with Gasteiger partial charge in [0.2, 0.25) is 10.0 Å². The van der Waals surface area contributed by atoms with Crippen molar-refractivity contribution in [2.24, 2.45) is 0 Å². The molecule has 1 fully saturated rings. The van der Waals surface area contributed by atoms with E-state index in [9.17, 15) is 17.6 Å². The molecule has 2 rings (SSSR count). The van der Waals surface area contributed by atoms with E-state index in [1.807, 2.05) is 0 Å². The molecule has 1 aliphatic rings. The first-order valence-corrected chi connectivity index (χ1v) is 6.67. The first-order chi connectivity index (χ1) is 8.07. The molecule has 1 aromatic rings. The molecular formula is C11H12FNO3S. The number of alkyl halides is 1. The van der Waals surface area contributed by atoms with Crippen molar-refractivity contribution in [2.45, 2.75) is 17.4 Å². The smallest absolute Gasteiger partial charge is 0.243 e. The molecule has 1 aromatic carbocycles. The number of hydrogen-bond donors (Lipinski definition) is 0. The van der Waals surface area contributed by atoms with Gasteiger partial charge in [0.1, 0.15) is 12.7 Å². The van der Waals surface area contributed by atoms with Gasteiger partial charge in [0.25, 0.3) is 0 Å². The van der Waals surface area contributed by atoms with Crippen LogP contribution in [-0.2, 0) is 14.8 Å². The van der Waals surface area contributed by atoms with Gasteiger partial charge in [-0.3, -0.25) is 4.79 Å². The maximum atomic E-state index is 12.7. The van der Waals surface area contributed by atoms with Crippen molar-refractivity contribution in [2.75, 3.05) is 13.2 Å². The topological polar surface area (TPSA) is 54.5 Å². The number of rotatable bonds is 3. The van der Waals surface area contributed by atoms with Gasteiger partial charge in [-0.1, -0.05) is 18.2 Å². The summed E-state index contributed by atoms with van der Waals surface area (Å²) in [5.74, 6) is -0.355. The fourth-order valence-electron chi connectivity index (χ4n) is 1.88. The number of sulfonamides is 1. The lowest BCUT2D eigenvalue weighted by atomic mass is 10.2. The zero-order valence-corrected chi connectivity index (χ0v) is 9.86. The van der Waals surface area contributed by atoms with E-state index in [2.05, 4.69) is 0 Å². The van der Waals surface area contributed by atoms with E-state index in [0.717, 1.165) is 4.31 Å². The molecule has 92 valence electrons. The van der Waals surface area contributed by atoms with Crippen LogP contribution < -0.4 is 0 Å². The van der Waals surface area contributed by atoms with Crippen LogP contribution in [0.5, 0.6) is 0 Å². The average molecular weight is 257 g/mol. The van der Waals surface area contributed by atoms with Crippen molar-refractivity contribution < 1.29 is 17.6 Å². The van der Waals surface area contributed by atoms with E-state index in [1.54, 1.807) is 18.2 Å². The van der Waals surface area contributed by atoms with E-state index in [-0.39, 0.29) is 23.6 Å². The van der Waals surface area contributed by atoms with Crippen LogP contribution in [0.25, 0.3) is 0 Å². The second kappa shape index (κ2) is 4.54. The third kappa shape index (κ3) is 2.10. The summed E-state index contributed by atoms with van der Waals surface area (Å²) < 4.78 is 38.0. The average Bonchev–Trinajstić information content (AvgIpc) is 2.72. The fourth-order valence-corrected chi connectivity index (χ4v) is 3.49. The van der Waals surface area contributed by atoms with Gasteiger partial charge in [0, 0.05) is 13.0 Å². The highest BCUT2D eigenvalue weighted by molar-refractivity contribution is 7.89. The van der Waals surface area contributed by atoms with E-state index < -0.39 is 22.7 Å². The predicted octanol–water partition coefficient (Wildman–Crippen LogP) is 0.988. The van der Waals surface area contributed by atoms with Crippen LogP contribution in [0, 0.1) is 0 Å². The van der Waals surface area contributed by atoms with Crippen molar-refractivity contribution in [3.8, 4) is 0 Å². The minimum Gasteiger partial charge on any atom is -0.298 e. The maximum absolute atomic E-state index is 12.7. The Morgan fingerprint density at radius 1 is 1.29 bits per heavy atom. The molecule has 0 spiro atoms. The highest BCUT2D eigenvalue weighted by Gasteiger charge is 2.40. The van der Waals surface area contributed by atoms with Crippen LogP contribution in [0.15, 0.2) is 35.2 Å². The molecule has 0 bridgehead atoms. The van der Waals surface area contributed by atoms with Gasteiger partial charge in [-0.25, -0.2) is 12.8 Å². The zero-order valence-electron chi connectivity index (χ0n) is 9.04. The Morgan fingerprint density at radius 3 is 2.53 bits per heavy atom. The van der Waals surface area contributed by atoms with Crippen LogP contribution in [0.1, 0.15) is 6.42 Å². The van der Waals surface area contributed by atoms with Crippen molar-refractivity contribution in [1.82, 2.24) is 4.31 Å². The Kier molecular flexibility index (Phi) is 3.26. The second-order valence-electron chi connectivity index (χ2n) is 3.82. The number of Topliss-reactive ketones (excluding diaryl/α,β-unsaturated/α-hetero) is 1. The fraction of sp³-hybridized carbons (Fsp3) is 0.364. The van der Waals surface area contributed by atoms with E-state index in [4.69, 9.17) is 0 Å². The molecule has 0 saturated carbocycles. The molecule has 1 unspecified atom stereocenters. The molecule has 6 heteroatoms. The van der Waals surface area contributed by atoms with E-state index in [0.29, 0.717) is 0 Å². The minimum atomic E-state index is -3.76. The second-order valence-corrected chi connectivity index (χ2v) is 5.71. The highest BCUT2D eigenvalue weighted by Crippen LogP contribution is 2.24. The Labute approximate surface area is 99.1 Å². The maximum Gasteiger partial charge on any atom is 0.243 e. The van der Waals surface area contributed by atoms with Gasteiger partial charge in [-0.15, -0.1) is 0 Å². The standard InChI is InChI=1S/C11H12FNO3S/c12-8-10-11(14)6-7-13(10)17(15,16)9-4-2-1-3-5-9/h1-5,10H,6-8H2. The summed E-state index contributed by atoms with van der Waals surface area (Å²) in [7, 11) is -3.76. The van der Waals surface area contributed by atoms with Crippen LogP contribution >= 0.6 is 0 Å². The molecule has 1 atom stereocenters. The zero-order chi connectivity index (χ0) is 12.5. The molecule has 0 aromatic heterocycles. The first kappa shape index (κ1) is 12.2. The Morgan fingerprint density at radius 2 is 1.94 bits per heavy atom. The summed E-state index contributed by atoms with van der Waals surface area (Å²) >= 11 is 0. The molecule has 17 heavy (non-hydrogen) atoms. The summed E-state index contributed by atoms with van der Waals surface area (Å²) in [5.41, 5.74) is 0. The Balaban J connectivity index is 2.37. The van der Waals surface area contributed by atoms with Crippen molar-refractivity contribution in [3.63, 3.8) is 0 Å². The van der Waals surface area contributed by atoms with Gasteiger partial charge >= 0.3 is 0 Å². The molecule has 0 N–H and O–H groups in total. The predicted molar refractivity (Wildman–Crippen MR) is 59.7 cm³/mol. The number of nitrogens with zero attached hydrogens (tertiary/aromatic N) is 1. The quantitative estimate of drug-likeness (QED) is 0.811. The van der Waals surface area contributed by atoms with Crippen LogP contribution in [0.4, 0.5) is 4.39 Å². The lowest BCUT2D eigenvalue weighted by molar-refractivity contribution is -0.119. The minimum absolute atomic E-state index is 0.0602. The van der Waals surface area contributed by atoms with Gasteiger partial charge < -0.3 is 0 Å². The van der Waals surface area contributed by atoms with Gasteiger partial charge in [0.05, 0.1) is 4.90 Å². The summed E-state index contributed by atoms with van der Waals surface area (Å²) in [5, 5.41) is 0. The lowest BCUT2D eigenvalue weighted by Crippen LogP contribution is -2.39. The number of halogens is 1. The molecule has 4 nitrogen and oxygen atoms in total. The Hall–Kier alpha value is -1.27. The summed E-state index contributed by atoms with van der Waals surface area (Å²) in [4.78, 5) is 11.4. The summed E-state index contributed by atoms with van der Waals surface area (Å²) in [6.07, 6.45) is 0.0840. The van der Waals surface area contributed by atoms with Crippen LogP contribution in [0.2, 0.25) is 0 Å². The van der Waals surface area contributed by atoms with Gasteiger partial charge in [0.15, 0.2) is 5.78 Å².